The topological polar surface area (TPSA) is 50.1 Å². The van der Waals surface area contributed by atoms with Gasteiger partial charge in [-0.2, -0.15) is 0 Å². The molecule has 1 N–H and O–H groups in total. The molecule has 0 aliphatic heterocycles. The Hall–Kier alpha value is -2.29. The first-order valence-corrected chi connectivity index (χ1v) is 5.83. The normalized spacial score (nSPS) is 11.8. The van der Waals surface area contributed by atoms with Gasteiger partial charge in [0.05, 0.1) is 0 Å². The van der Waals surface area contributed by atoms with Gasteiger partial charge in [0.2, 0.25) is 0 Å². The van der Waals surface area contributed by atoms with Crippen molar-refractivity contribution in [3.63, 3.8) is 0 Å². The first kappa shape index (κ1) is 10.8. The number of hydrogen-bond donors (Lipinski definition) is 0. The van der Waals surface area contributed by atoms with Crippen LogP contribution in [0.5, 0.6) is 0 Å². The lowest BCUT2D eigenvalue weighted by molar-refractivity contribution is 0.148. The van der Waals surface area contributed by atoms with Crippen molar-refractivity contribution in [2.75, 3.05) is 0 Å². The molecule has 1 amide bonds. The number of benzene rings is 2. The molecule has 3 nitrogen and oxygen atoms in total. The standard InChI is InChI=1S/C15H12NO2/c16-15(17)18-9-11-5-3-7-13-12-6-2-1-4-10(12)8-14(11)13/h1-7,16H,8-9H2. The fraction of sp³-hybridized carbons (Fsp3) is 0.133. The Bertz CT molecular complexity index is 620. The van der Waals surface area contributed by atoms with Crippen molar-refractivity contribution in [1.82, 2.24) is 5.73 Å². The third kappa shape index (κ3) is 1.74. The van der Waals surface area contributed by atoms with Crippen LogP contribution in [0.2, 0.25) is 0 Å². The van der Waals surface area contributed by atoms with Crippen molar-refractivity contribution in [3.05, 3.63) is 59.2 Å². The van der Waals surface area contributed by atoms with Crippen LogP contribution in [0.1, 0.15) is 16.7 Å². The van der Waals surface area contributed by atoms with E-state index < -0.39 is 6.09 Å². The van der Waals surface area contributed by atoms with E-state index in [0.29, 0.717) is 0 Å². The maximum Gasteiger partial charge on any atom is 0.426 e. The number of hydrogen-bond acceptors (Lipinski definition) is 2. The molecule has 0 saturated heterocycles. The Morgan fingerprint density at radius 2 is 1.89 bits per heavy atom. The minimum Gasteiger partial charge on any atom is -0.443 e. The SMILES string of the molecule is [NH]C(=O)OCc1cccc2c1Cc1ccccc1-2. The third-order valence-electron chi connectivity index (χ3n) is 3.31. The smallest absolute Gasteiger partial charge is 0.426 e. The van der Waals surface area contributed by atoms with Crippen molar-refractivity contribution in [1.29, 1.82) is 0 Å². The molecule has 0 spiro atoms. The molecule has 0 aromatic heterocycles. The zero-order valence-corrected chi connectivity index (χ0v) is 9.77. The summed E-state index contributed by atoms with van der Waals surface area (Å²) in [7, 11) is 0. The Labute approximate surface area is 105 Å². The predicted molar refractivity (Wildman–Crippen MR) is 68.0 cm³/mol. The minimum atomic E-state index is -0.983. The first-order valence-electron chi connectivity index (χ1n) is 5.83. The molecule has 0 bridgehead atoms. The Balaban J connectivity index is 2.00. The van der Waals surface area contributed by atoms with Gasteiger partial charge in [0.15, 0.2) is 0 Å². The minimum absolute atomic E-state index is 0.180. The van der Waals surface area contributed by atoms with Crippen LogP contribution in [0.4, 0.5) is 4.79 Å². The zero-order chi connectivity index (χ0) is 12.5. The fourth-order valence-electron chi connectivity index (χ4n) is 2.50. The van der Waals surface area contributed by atoms with E-state index in [1.165, 1.54) is 22.3 Å². The lowest BCUT2D eigenvalue weighted by atomic mass is 10.0. The number of carbonyl (C=O) groups is 1. The highest BCUT2D eigenvalue weighted by molar-refractivity contribution is 5.77. The Morgan fingerprint density at radius 3 is 2.72 bits per heavy atom. The van der Waals surface area contributed by atoms with Crippen LogP contribution in [0.3, 0.4) is 0 Å². The highest BCUT2D eigenvalue weighted by Crippen LogP contribution is 2.38. The molecule has 0 unspecified atom stereocenters. The zero-order valence-electron chi connectivity index (χ0n) is 9.77. The quantitative estimate of drug-likeness (QED) is 0.688. The average molecular weight is 238 g/mol. The summed E-state index contributed by atoms with van der Waals surface area (Å²) in [4.78, 5) is 10.6. The van der Waals surface area contributed by atoms with E-state index in [-0.39, 0.29) is 6.61 Å². The summed E-state index contributed by atoms with van der Waals surface area (Å²) in [5.41, 5.74) is 12.8. The molecule has 0 atom stereocenters. The molecule has 2 aromatic rings. The Kier molecular flexibility index (Phi) is 2.52. The second kappa shape index (κ2) is 4.18. The van der Waals surface area contributed by atoms with E-state index in [2.05, 4.69) is 18.2 Å². The monoisotopic (exact) mass is 238 g/mol. The molecule has 1 radical (unpaired) electrons. The number of nitrogens with one attached hydrogen (secondary N) is 1. The predicted octanol–water partition coefficient (Wildman–Crippen LogP) is 3.18. The van der Waals surface area contributed by atoms with Crippen LogP contribution in [0.15, 0.2) is 42.5 Å². The van der Waals surface area contributed by atoms with Crippen LogP contribution in [-0.2, 0) is 17.8 Å². The van der Waals surface area contributed by atoms with Gasteiger partial charge in [-0.3, -0.25) is 0 Å². The fourth-order valence-corrected chi connectivity index (χ4v) is 2.50. The summed E-state index contributed by atoms with van der Waals surface area (Å²) in [5, 5.41) is 0. The Morgan fingerprint density at radius 1 is 1.11 bits per heavy atom. The molecular formula is C15H12NO2. The number of ether oxygens (including phenoxy) is 1. The van der Waals surface area contributed by atoms with Crippen molar-refractivity contribution < 1.29 is 9.53 Å². The van der Waals surface area contributed by atoms with Crippen LogP contribution in [0, 0.1) is 0 Å². The number of rotatable bonds is 2. The highest BCUT2D eigenvalue weighted by atomic mass is 16.5. The van der Waals surface area contributed by atoms with Crippen LogP contribution in [-0.4, -0.2) is 6.09 Å². The van der Waals surface area contributed by atoms with Crippen molar-refractivity contribution in [2.24, 2.45) is 0 Å². The average Bonchev–Trinajstić information content (AvgIpc) is 2.75. The molecule has 1 aliphatic carbocycles. The molecule has 0 fully saturated rings. The number of carbonyl (C=O) groups excluding carboxylic acids is 1. The van der Waals surface area contributed by atoms with Crippen molar-refractivity contribution >= 4 is 6.09 Å². The molecule has 18 heavy (non-hydrogen) atoms. The molecule has 1 aliphatic rings. The van der Waals surface area contributed by atoms with Gasteiger partial charge in [-0.1, -0.05) is 42.5 Å². The molecule has 0 heterocycles. The van der Waals surface area contributed by atoms with E-state index in [0.717, 1.165) is 12.0 Å². The summed E-state index contributed by atoms with van der Waals surface area (Å²) in [6, 6.07) is 14.3. The van der Waals surface area contributed by atoms with Crippen LogP contribution >= 0.6 is 0 Å². The summed E-state index contributed by atoms with van der Waals surface area (Å²) in [5.74, 6) is 0. The van der Waals surface area contributed by atoms with E-state index >= 15 is 0 Å². The maximum absolute atomic E-state index is 10.6. The van der Waals surface area contributed by atoms with Crippen LogP contribution < -0.4 is 5.73 Å². The number of amides is 1. The molecule has 3 heteroatoms. The van der Waals surface area contributed by atoms with E-state index in [4.69, 9.17) is 10.5 Å². The van der Waals surface area contributed by atoms with Crippen LogP contribution in [0.25, 0.3) is 11.1 Å². The van der Waals surface area contributed by atoms with Crippen molar-refractivity contribution in [3.8, 4) is 11.1 Å². The summed E-state index contributed by atoms with van der Waals surface area (Å²) in [6.07, 6.45) is -0.111. The second-order valence-corrected chi connectivity index (χ2v) is 4.35. The van der Waals surface area contributed by atoms with Gasteiger partial charge in [-0.05, 0) is 34.2 Å². The van der Waals surface area contributed by atoms with E-state index in [1.807, 2.05) is 24.3 Å². The molecule has 0 saturated carbocycles. The second-order valence-electron chi connectivity index (χ2n) is 4.35. The molecule has 3 rings (SSSR count). The van der Waals surface area contributed by atoms with Gasteiger partial charge < -0.3 is 4.74 Å². The summed E-state index contributed by atoms with van der Waals surface area (Å²) >= 11 is 0. The first-order chi connectivity index (χ1) is 8.75. The van der Waals surface area contributed by atoms with Crippen molar-refractivity contribution in [2.45, 2.75) is 13.0 Å². The molecule has 2 aromatic carbocycles. The lowest BCUT2D eigenvalue weighted by Crippen LogP contribution is -2.04. The number of fused-ring (bicyclic) bond motifs is 3. The van der Waals surface area contributed by atoms with Gasteiger partial charge in [0.1, 0.15) is 6.61 Å². The van der Waals surface area contributed by atoms with Gasteiger partial charge in [-0.15, -0.1) is 0 Å². The maximum atomic E-state index is 10.6. The largest absolute Gasteiger partial charge is 0.443 e. The van der Waals surface area contributed by atoms with E-state index in [1.54, 1.807) is 0 Å². The van der Waals surface area contributed by atoms with Gasteiger partial charge in [-0.25, -0.2) is 10.5 Å². The van der Waals surface area contributed by atoms with Gasteiger partial charge >= 0.3 is 6.09 Å². The van der Waals surface area contributed by atoms with E-state index in [9.17, 15) is 4.79 Å². The highest BCUT2D eigenvalue weighted by Gasteiger charge is 2.20. The molecule has 89 valence electrons. The van der Waals surface area contributed by atoms with Gasteiger partial charge in [0.25, 0.3) is 0 Å². The summed E-state index contributed by atoms with van der Waals surface area (Å²) < 4.78 is 4.78. The lowest BCUT2D eigenvalue weighted by Gasteiger charge is -2.07. The molecular weight excluding hydrogens is 226 g/mol. The third-order valence-corrected chi connectivity index (χ3v) is 3.31. The summed E-state index contributed by atoms with van der Waals surface area (Å²) in [6.45, 7) is 0.180. The van der Waals surface area contributed by atoms with Gasteiger partial charge in [0, 0.05) is 0 Å².